The van der Waals surface area contributed by atoms with Crippen molar-refractivity contribution in [1.82, 2.24) is 21.3 Å². The summed E-state index contributed by atoms with van der Waals surface area (Å²) in [5.74, 6) is -2.75. The van der Waals surface area contributed by atoms with Crippen LogP contribution in [0, 0.1) is 0 Å². The molecule has 0 aliphatic carbocycles. The van der Waals surface area contributed by atoms with Crippen LogP contribution in [0.3, 0.4) is 0 Å². The van der Waals surface area contributed by atoms with Crippen molar-refractivity contribution in [2.75, 3.05) is 5.32 Å². The molecule has 14 heteroatoms. The number of rotatable bonds is 15. The SMILES string of the molecule is C[C@H](NC(=O)OC(C)(C)C)C(=O)N[C@@H](C)C(=O)N[C@@H](CC(=O)NC(c1ccccc1)(c1ccccc1)c1ccccc1)C(=O)Nc1ccc(COC(N)=O)cc1. The number of hydrogen-bond donors (Lipinski definition) is 6. The summed E-state index contributed by atoms with van der Waals surface area (Å²) < 4.78 is 10.0. The predicted octanol–water partition coefficient (Wildman–Crippen LogP) is 4.62. The summed E-state index contributed by atoms with van der Waals surface area (Å²) in [5.41, 5.74) is 6.25. The van der Waals surface area contributed by atoms with Crippen LogP contribution >= 0.6 is 0 Å². The number of ether oxygens (including phenoxy) is 2. The second-order valence-electron chi connectivity index (χ2n) is 14.1. The lowest BCUT2D eigenvalue weighted by Crippen LogP contribution is -2.56. The van der Waals surface area contributed by atoms with Crippen molar-refractivity contribution < 1.29 is 38.2 Å². The highest BCUT2D eigenvalue weighted by atomic mass is 16.6. The Morgan fingerprint density at radius 2 is 1.09 bits per heavy atom. The summed E-state index contributed by atoms with van der Waals surface area (Å²) in [6, 6.07) is 30.8. The Morgan fingerprint density at radius 3 is 1.55 bits per heavy atom. The summed E-state index contributed by atoms with van der Waals surface area (Å²) in [6.07, 6.45) is -2.26. The summed E-state index contributed by atoms with van der Waals surface area (Å²) in [4.78, 5) is 78.0. The number of carbonyl (C=O) groups is 6. The Balaban J connectivity index is 1.61. The molecular formula is C42H48N6O8. The predicted molar refractivity (Wildman–Crippen MR) is 210 cm³/mol. The Labute approximate surface area is 325 Å². The Hall–Kier alpha value is -6.70. The van der Waals surface area contributed by atoms with E-state index in [1.165, 1.54) is 13.8 Å². The van der Waals surface area contributed by atoms with Gasteiger partial charge in [-0.3, -0.25) is 19.2 Å². The molecule has 56 heavy (non-hydrogen) atoms. The van der Waals surface area contributed by atoms with Crippen LogP contribution in [0.15, 0.2) is 115 Å². The van der Waals surface area contributed by atoms with Crippen molar-refractivity contribution in [3.8, 4) is 0 Å². The lowest BCUT2D eigenvalue weighted by Gasteiger charge is -2.37. The van der Waals surface area contributed by atoms with Crippen molar-refractivity contribution in [1.29, 1.82) is 0 Å². The van der Waals surface area contributed by atoms with E-state index in [1.54, 1.807) is 45.0 Å². The Kier molecular flexibility index (Phi) is 14.3. The van der Waals surface area contributed by atoms with Crippen molar-refractivity contribution >= 4 is 41.5 Å². The third kappa shape index (κ3) is 11.9. The number of hydrogen-bond acceptors (Lipinski definition) is 8. The molecule has 4 aromatic carbocycles. The van der Waals surface area contributed by atoms with Gasteiger partial charge in [0.15, 0.2) is 0 Å². The molecule has 0 fully saturated rings. The van der Waals surface area contributed by atoms with Crippen molar-refractivity contribution in [2.24, 2.45) is 5.73 Å². The molecule has 0 radical (unpaired) electrons. The molecule has 0 unspecified atom stereocenters. The van der Waals surface area contributed by atoms with E-state index in [4.69, 9.17) is 15.2 Å². The molecule has 7 N–H and O–H groups in total. The van der Waals surface area contributed by atoms with Gasteiger partial charge in [-0.25, -0.2) is 9.59 Å². The van der Waals surface area contributed by atoms with E-state index in [-0.39, 0.29) is 6.61 Å². The van der Waals surface area contributed by atoms with Gasteiger partial charge in [0.25, 0.3) is 0 Å². The lowest BCUT2D eigenvalue weighted by molar-refractivity contribution is -0.132. The zero-order valence-electron chi connectivity index (χ0n) is 32.0. The maximum atomic E-state index is 14.3. The summed E-state index contributed by atoms with van der Waals surface area (Å²) in [5, 5.41) is 13.5. The Bertz CT molecular complexity index is 1870. The van der Waals surface area contributed by atoms with Gasteiger partial charge in [-0.05, 0) is 69.0 Å². The molecule has 0 saturated carbocycles. The minimum Gasteiger partial charge on any atom is -0.445 e. The normalized spacial score (nSPS) is 12.8. The third-order valence-electron chi connectivity index (χ3n) is 8.45. The van der Waals surface area contributed by atoms with Crippen LogP contribution in [0.4, 0.5) is 15.3 Å². The van der Waals surface area contributed by atoms with Crippen LogP contribution < -0.4 is 32.3 Å². The van der Waals surface area contributed by atoms with Crippen LogP contribution in [-0.4, -0.2) is 59.5 Å². The molecule has 0 aliphatic rings. The number of nitrogens with one attached hydrogen (secondary N) is 5. The fraction of sp³-hybridized carbons (Fsp3) is 0.286. The van der Waals surface area contributed by atoms with Gasteiger partial charge in [-0.15, -0.1) is 0 Å². The molecule has 14 nitrogen and oxygen atoms in total. The van der Waals surface area contributed by atoms with E-state index >= 15 is 0 Å². The van der Waals surface area contributed by atoms with Crippen molar-refractivity contribution in [3.05, 3.63) is 138 Å². The smallest absolute Gasteiger partial charge is 0.408 e. The average Bonchev–Trinajstić information content (AvgIpc) is 3.16. The number of alkyl carbamates (subject to hydrolysis) is 1. The maximum absolute atomic E-state index is 14.3. The van der Waals surface area contributed by atoms with E-state index in [0.717, 1.165) is 16.7 Å². The minimum absolute atomic E-state index is 0.0794. The molecule has 3 atom stereocenters. The van der Waals surface area contributed by atoms with Gasteiger partial charge in [0.2, 0.25) is 23.6 Å². The largest absolute Gasteiger partial charge is 0.445 e. The van der Waals surface area contributed by atoms with E-state index < -0.39 is 71.5 Å². The molecule has 0 saturated heterocycles. The first-order valence-electron chi connectivity index (χ1n) is 18.0. The molecule has 6 amide bonds. The van der Waals surface area contributed by atoms with Crippen LogP contribution in [0.25, 0.3) is 0 Å². The summed E-state index contributed by atoms with van der Waals surface area (Å²) >= 11 is 0. The van der Waals surface area contributed by atoms with E-state index in [1.807, 2.05) is 91.0 Å². The monoisotopic (exact) mass is 764 g/mol. The van der Waals surface area contributed by atoms with E-state index in [9.17, 15) is 28.8 Å². The van der Waals surface area contributed by atoms with Gasteiger partial charge in [0.05, 0.1) is 6.42 Å². The number of nitrogens with two attached hydrogens (primary N) is 1. The van der Waals surface area contributed by atoms with Gasteiger partial charge >= 0.3 is 12.2 Å². The zero-order chi connectivity index (χ0) is 40.9. The van der Waals surface area contributed by atoms with Gasteiger partial charge in [0, 0.05) is 5.69 Å². The van der Waals surface area contributed by atoms with Gasteiger partial charge < -0.3 is 41.8 Å². The maximum Gasteiger partial charge on any atom is 0.408 e. The molecular weight excluding hydrogens is 716 g/mol. The minimum atomic E-state index is -1.43. The number of primary amides is 1. The van der Waals surface area contributed by atoms with Crippen LogP contribution in [-0.2, 0) is 40.8 Å². The highest BCUT2D eigenvalue weighted by molar-refractivity contribution is 6.01. The Morgan fingerprint density at radius 1 is 0.625 bits per heavy atom. The van der Waals surface area contributed by atoms with Crippen molar-refractivity contribution in [3.63, 3.8) is 0 Å². The van der Waals surface area contributed by atoms with E-state index in [0.29, 0.717) is 11.3 Å². The number of amides is 6. The number of carbonyl (C=O) groups excluding carboxylic acids is 6. The topological polar surface area (TPSA) is 207 Å². The summed E-state index contributed by atoms with van der Waals surface area (Å²) in [6.45, 7) is 7.78. The lowest BCUT2D eigenvalue weighted by atomic mass is 9.77. The first-order valence-corrected chi connectivity index (χ1v) is 18.0. The molecule has 0 bridgehead atoms. The standard InChI is InChI=1S/C42H48N6O8/c1-27(44-36(50)28(2)45-40(54)56-41(3,4)5)37(51)47-34(38(52)46-33-23-21-29(22-24-33)26-55-39(43)53)25-35(49)48-42(30-15-9-6-10-16-30,31-17-11-7-12-18-31)32-19-13-8-14-20-32/h6-24,27-28,34H,25-26H2,1-5H3,(H2,43,53)(H,44,50)(H,45,54)(H,46,52)(H,47,51)(H,48,49)/t27-,28-,34-/m0/s1. The summed E-state index contributed by atoms with van der Waals surface area (Å²) in [7, 11) is 0. The molecule has 0 spiro atoms. The van der Waals surface area contributed by atoms with Crippen LogP contribution in [0.1, 0.15) is 63.3 Å². The number of anilines is 1. The quantitative estimate of drug-likeness (QED) is 0.0940. The zero-order valence-corrected chi connectivity index (χ0v) is 32.0. The molecule has 0 aromatic heterocycles. The fourth-order valence-electron chi connectivity index (χ4n) is 5.75. The molecule has 0 aliphatic heterocycles. The number of benzene rings is 4. The molecule has 4 aromatic rings. The fourth-order valence-corrected chi connectivity index (χ4v) is 5.75. The second-order valence-corrected chi connectivity index (χ2v) is 14.1. The first-order chi connectivity index (χ1) is 26.6. The first kappa shape index (κ1) is 42.0. The van der Waals surface area contributed by atoms with Gasteiger partial charge in [-0.1, -0.05) is 103 Å². The van der Waals surface area contributed by atoms with E-state index in [2.05, 4.69) is 26.6 Å². The average molecular weight is 765 g/mol. The van der Waals surface area contributed by atoms with Crippen molar-refractivity contribution in [2.45, 2.75) is 76.9 Å². The van der Waals surface area contributed by atoms with Gasteiger partial charge in [-0.2, -0.15) is 0 Å². The van der Waals surface area contributed by atoms with Gasteiger partial charge in [0.1, 0.15) is 35.9 Å². The highest BCUT2D eigenvalue weighted by Gasteiger charge is 2.39. The molecule has 4 rings (SSSR count). The molecule has 294 valence electrons. The third-order valence-corrected chi connectivity index (χ3v) is 8.45. The van der Waals surface area contributed by atoms with Crippen LogP contribution in [0.5, 0.6) is 0 Å². The van der Waals surface area contributed by atoms with Crippen LogP contribution in [0.2, 0.25) is 0 Å². The molecule has 0 heterocycles. The highest BCUT2D eigenvalue weighted by Crippen LogP contribution is 2.37. The second kappa shape index (κ2) is 19.1.